The molecule has 20 heavy (non-hydrogen) atoms. The van der Waals surface area contributed by atoms with Crippen molar-refractivity contribution in [2.75, 3.05) is 20.2 Å². The van der Waals surface area contributed by atoms with Crippen LogP contribution in [0.3, 0.4) is 0 Å². The molecule has 4 heteroatoms. The number of carbonyl (C=O) groups excluding carboxylic acids is 1. The molecular weight excluding hydrogens is 252 g/mol. The van der Waals surface area contributed by atoms with Gasteiger partial charge in [-0.1, -0.05) is 19.1 Å². The summed E-state index contributed by atoms with van der Waals surface area (Å²) in [7, 11) is 1.64. The summed E-state index contributed by atoms with van der Waals surface area (Å²) in [6.07, 6.45) is 2.50. The van der Waals surface area contributed by atoms with Gasteiger partial charge >= 0.3 is 0 Å². The van der Waals surface area contributed by atoms with Crippen LogP contribution in [0.2, 0.25) is 0 Å². The smallest absolute Gasteiger partial charge is 0.227 e. The summed E-state index contributed by atoms with van der Waals surface area (Å²) < 4.78 is 5.19. The Morgan fingerprint density at radius 2 is 2.30 bits per heavy atom. The minimum atomic E-state index is 0.167. The second-order valence-corrected chi connectivity index (χ2v) is 5.63. The Kier molecular flexibility index (Phi) is 5.01. The Balaban J connectivity index is 2.03. The summed E-state index contributed by atoms with van der Waals surface area (Å²) in [5.74, 6) is 1.61. The molecule has 1 fully saturated rings. The predicted octanol–water partition coefficient (Wildman–Crippen LogP) is 1.82. The van der Waals surface area contributed by atoms with Gasteiger partial charge in [0.05, 0.1) is 13.5 Å². The van der Waals surface area contributed by atoms with E-state index in [0.29, 0.717) is 18.9 Å². The average molecular weight is 276 g/mol. The maximum absolute atomic E-state index is 12.5. The maximum Gasteiger partial charge on any atom is 0.227 e. The van der Waals surface area contributed by atoms with Crippen LogP contribution in [0.5, 0.6) is 5.75 Å². The first-order valence-corrected chi connectivity index (χ1v) is 7.26. The number of carbonyl (C=O) groups is 1. The van der Waals surface area contributed by atoms with E-state index in [9.17, 15) is 4.79 Å². The number of rotatable bonds is 4. The molecule has 0 aromatic heterocycles. The lowest BCUT2D eigenvalue weighted by molar-refractivity contribution is -0.134. The first kappa shape index (κ1) is 14.9. The lowest BCUT2D eigenvalue weighted by atomic mass is 9.92. The summed E-state index contributed by atoms with van der Waals surface area (Å²) in [4.78, 5) is 14.4. The number of likely N-dealkylation sites (tertiary alicyclic amines) is 1. The fraction of sp³-hybridized carbons (Fsp3) is 0.562. The number of nitrogens with zero attached hydrogens (tertiary/aromatic N) is 1. The molecule has 110 valence electrons. The van der Waals surface area contributed by atoms with Gasteiger partial charge in [0.2, 0.25) is 5.91 Å². The molecule has 1 saturated heterocycles. The number of hydrogen-bond acceptors (Lipinski definition) is 3. The predicted molar refractivity (Wildman–Crippen MR) is 79.7 cm³/mol. The highest BCUT2D eigenvalue weighted by atomic mass is 16.5. The number of nitrogens with two attached hydrogens (primary N) is 1. The van der Waals surface area contributed by atoms with Crippen molar-refractivity contribution in [2.45, 2.75) is 32.2 Å². The third kappa shape index (κ3) is 3.51. The van der Waals surface area contributed by atoms with Gasteiger partial charge in [-0.3, -0.25) is 4.79 Å². The highest BCUT2D eigenvalue weighted by Gasteiger charge is 2.28. The van der Waals surface area contributed by atoms with Gasteiger partial charge in [0.1, 0.15) is 5.75 Å². The third-order valence-electron chi connectivity index (χ3n) is 4.06. The zero-order chi connectivity index (χ0) is 14.5. The second-order valence-electron chi connectivity index (χ2n) is 5.63. The van der Waals surface area contributed by atoms with Crippen molar-refractivity contribution >= 4 is 5.91 Å². The number of benzene rings is 1. The molecule has 0 saturated carbocycles. The molecule has 1 aromatic carbocycles. The van der Waals surface area contributed by atoms with Crippen molar-refractivity contribution in [1.29, 1.82) is 0 Å². The van der Waals surface area contributed by atoms with Crippen molar-refractivity contribution in [2.24, 2.45) is 11.7 Å². The maximum atomic E-state index is 12.5. The fourth-order valence-corrected chi connectivity index (χ4v) is 2.86. The number of amides is 1. The molecule has 2 N–H and O–H groups in total. The van der Waals surface area contributed by atoms with Crippen LogP contribution < -0.4 is 10.5 Å². The van der Waals surface area contributed by atoms with E-state index < -0.39 is 0 Å². The van der Waals surface area contributed by atoms with Gasteiger partial charge in [-0.15, -0.1) is 0 Å². The standard InChI is InChI=1S/C16H24N2O2/c1-12-6-7-18(14(8-12)11-17)16(19)10-13-4-3-5-15(9-13)20-2/h3-5,9,12,14H,6-8,10-11,17H2,1-2H3. The van der Waals surface area contributed by atoms with Crippen LogP contribution in [0.1, 0.15) is 25.3 Å². The van der Waals surface area contributed by atoms with Gasteiger partial charge in [-0.05, 0) is 36.5 Å². The molecule has 0 aliphatic carbocycles. The van der Waals surface area contributed by atoms with Crippen LogP contribution in [0.15, 0.2) is 24.3 Å². The average Bonchev–Trinajstić information content (AvgIpc) is 2.47. The second kappa shape index (κ2) is 6.75. The van der Waals surface area contributed by atoms with Gasteiger partial charge in [0.25, 0.3) is 0 Å². The lowest BCUT2D eigenvalue weighted by Crippen LogP contribution is -2.49. The molecular formula is C16H24N2O2. The zero-order valence-corrected chi connectivity index (χ0v) is 12.3. The summed E-state index contributed by atoms with van der Waals surface area (Å²) in [5, 5.41) is 0. The minimum Gasteiger partial charge on any atom is -0.497 e. The van der Waals surface area contributed by atoms with E-state index in [0.717, 1.165) is 30.7 Å². The van der Waals surface area contributed by atoms with E-state index >= 15 is 0 Å². The number of hydrogen-bond donors (Lipinski definition) is 1. The molecule has 1 aromatic rings. The molecule has 4 nitrogen and oxygen atoms in total. The third-order valence-corrected chi connectivity index (χ3v) is 4.06. The van der Waals surface area contributed by atoms with E-state index in [4.69, 9.17) is 10.5 Å². The monoisotopic (exact) mass is 276 g/mol. The zero-order valence-electron chi connectivity index (χ0n) is 12.3. The highest BCUT2D eigenvalue weighted by molar-refractivity contribution is 5.79. The lowest BCUT2D eigenvalue weighted by Gasteiger charge is -2.38. The molecule has 1 amide bonds. The van der Waals surface area contributed by atoms with Crippen LogP contribution in [0.25, 0.3) is 0 Å². The van der Waals surface area contributed by atoms with Gasteiger partial charge in [-0.25, -0.2) is 0 Å². The minimum absolute atomic E-state index is 0.167. The molecule has 2 rings (SSSR count). The van der Waals surface area contributed by atoms with E-state index in [-0.39, 0.29) is 11.9 Å². The van der Waals surface area contributed by atoms with Crippen molar-refractivity contribution in [3.63, 3.8) is 0 Å². The fourth-order valence-electron chi connectivity index (χ4n) is 2.86. The van der Waals surface area contributed by atoms with Gasteiger partial charge < -0.3 is 15.4 Å². The Bertz CT molecular complexity index is 462. The van der Waals surface area contributed by atoms with Crippen LogP contribution in [0.4, 0.5) is 0 Å². The molecule has 2 atom stereocenters. The molecule has 0 radical (unpaired) electrons. The van der Waals surface area contributed by atoms with Gasteiger partial charge in [0, 0.05) is 19.1 Å². The molecule has 1 aliphatic rings. The first-order chi connectivity index (χ1) is 9.63. The van der Waals surface area contributed by atoms with Crippen molar-refractivity contribution in [3.05, 3.63) is 29.8 Å². The van der Waals surface area contributed by atoms with Gasteiger partial charge in [0.15, 0.2) is 0 Å². The number of piperidine rings is 1. The van der Waals surface area contributed by atoms with Crippen molar-refractivity contribution < 1.29 is 9.53 Å². The summed E-state index contributed by atoms with van der Waals surface area (Å²) in [6, 6.07) is 7.88. The molecule has 0 spiro atoms. The SMILES string of the molecule is COc1cccc(CC(=O)N2CCC(C)CC2CN)c1. The van der Waals surface area contributed by atoms with Crippen molar-refractivity contribution in [1.82, 2.24) is 4.90 Å². The summed E-state index contributed by atoms with van der Waals surface area (Å²) >= 11 is 0. The summed E-state index contributed by atoms with van der Waals surface area (Å²) in [6.45, 7) is 3.60. The Hall–Kier alpha value is -1.55. The summed E-state index contributed by atoms with van der Waals surface area (Å²) in [5.41, 5.74) is 6.81. The van der Waals surface area contributed by atoms with Crippen molar-refractivity contribution in [3.8, 4) is 5.75 Å². The molecule has 2 unspecified atom stereocenters. The topological polar surface area (TPSA) is 55.6 Å². The van der Waals surface area contributed by atoms with Crippen LogP contribution >= 0.6 is 0 Å². The number of ether oxygens (including phenoxy) is 1. The normalized spacial score (nSPS) is 22.6. The largest absolute Gasteiger partial charge is 0.497 e. The quantitative estimate of drug-likeness (QED) is 0.912. The van der Waals surface area contributed by atoms with Crippen LogP contribution in [-0.2, 0) is 11.2 Å². The van der Waals surface area contributed by atoms with E-state index in [1.165, 1.54) is 0 Å². The van der Waals surface area contributed by atoms with Gasteiger partial charge in [-0.2, -0.15) is 0 Å². The first-order valence-electron chi connectivity index (χ1n) is 7.26. The Morgan fingerprint density at radius 3 is 3.00 bits per heavy atom. The molecule has 1 heterocycles. The highest BCUT2D eigenvalue weighted by Crippen LogP contribution is 2.23. The van der Waals surface area contributed by atoms with Crippen LogP contribution in [-0.4, -0.2) is 37.0 Å². The Morgan fingerprint density at radius 1 is 1.50 bits per heavy atom. The van der Waals surface area contributed by atoms with E-state index in [2.05, 4.69) is 6.92 Å². The number of methoxy groups -OCH3 is 1. The van der Waals surface area contributed by atoms with E-state index in [1.807, 2.05) is 29.2 Å². The van der Waals surface area contributed by atoms with Crippen LogP contribution in [0, 0.1) is 5.92 Å². The van der Waals surface area contributed by atoms with E-state index in [1.54, 1.807) is 7.11 Å². The molecule has 0 bridgehead atoms. The molecule has 1 aliphatic heterocycles. The Labute approximate surface area is 120 Å².